The lowest BCUT2D eigenvalue weighted by molar-refractivity contribution is -0.117. The maximum Gasteiger partial charge on any atom is 0.252 e. The second kappa shape index (κ2) is 8.41. The third-order valence-corrected chi connectivity index (χ3v) is 5.80. The summed E-state index contributed by atoms with van der Waals surface area (Å²) in [6.45, 7) is 1.10. The third-order valence-electron chi connectivity index (χ3n) is 4.94. The molecule has 0 atom stereocenters. The normalized spacial score (nSPS) is 13.5. The minimum Gasteiger partial charge on any atom is -0.348 e. The van der Waals surface area contributed by atoms with Crippen LogP contribution in [0.5, 0.6) is 0 Å². The van der Waals surface area contributed by atoms with Crippen LogP contribution in [-0.4, -0.2) is 24.1 Å². The number of nitrogens with zero attached hydrogens (tertiary/aromatic N) is 1. The number of carbonyl (C=O) groups is 3. The minimum atomic E-state index is -0.288. The SMILES string of the molecule is O=C(NCc1ccc(N2CCCC2=O)cc1)c1ccccc1C(=O)c1cccs1. The van der Waals surface area contributed by atoms with Crippen molar-refractivity contribution >= 4 is 34.6 Å². The number of amides is 2. The molecule has 3 aromatic rings. The Hall–Kier alpha value is -3.25. The summed E-state index contributed by atoms with van der Waals surface area (Å²) in [5.41, 5.74) is 2.57. The van der Waals surface area contributed by atoms with Crippen molar-refractivity contribution < 1.29 is 14.4 Å². The van der Waals surface area contributed by atoms with Crippen molar-refractivity contribution in [2.24, 2.45) is 0 Å². The van der Waals surface area contributed by atoms with E-state index in [1.165, 1.54) is 11.3 Å². The standard InChI is InChI=1S/C23H20N2O3S/c26-21-8-3-13-25(21)17-11-9-16(10-12-17)15-24-23(28)19-6-2-1-5-18(19)22(27)20-7-4-14-29-20/h1-2,4-7,9-12,14H,3,8,13,15H2,(H,24,28). The zero-order valence-electron chi connectivity index (χ0n) is 15.8. The molecule has 1 aliphatic heterocycles. The maximum atomic E-state index is 12.7. The first-order valence-electron chi connectivity index (χ1n) is 9.48. The van der Waals surface area contributed by atoms with Crippen LogP contribution in [0.15, 0.2) is 66.0 Å². The highest BCUT2D eigenvalue weighted by Crippen LogP contribution is 2.22. The number of benzene rings is 2. The molecule has 4 rings (SSSR count). The summed E-state index contributed by atoms with van der Waals surface area (Å²) in [5, 5.41) is 4.73. The van der Waals surface area contributed by atoms with E-state index in [0.717, 1.165) is 24.2 Å². The Morgan fingerprint density at radius 2 is 1.72 bits per heavy atom. The van der Waals surface area contributed by atoms with Crippen LogP contribution in [0.1, 0.15) is 44.0 Å². The molecule has 1 saturated heterocycles. The Labute approximate surface area is 173 Å². The number of hydrogen-bond acceptors (Lipinski definition) is 4. The number of nitrogens with one attached hydrogen (secondary N) is 1. The molecule has 0 spiro atoms. The van der Waals surface area contributed by atoms with Crippen LogP contribution in [0.25, 0.3) is 0 Å². The Balaban J connectivity index is 1.44. The highest BCUT2D eigenvalue weighted by atomic mass is 32.1. The smallest absolute Gasteiger partial charge is 0.252 e. The number of rotatable bonds is 6. The molecule has 2 aromatic carbocycles. The van der Waals surface area contributed by atoms with E-state index >= 15 is 0 Å². The molecule has 0 saturated carbocycles. The molecule has 2 amide bonds. The van der Waals surface area contributed by atoms with E-state index in [2.05, 4.69) is 5.32 Å². The topological polar surface area (TPSA) is 66.5 Å². The number of anilines is 1. The van der Waals surface area contributed by atoms with Crippen LogP contribution in [0, 0.1) is 0 Å². The van der Waals surface area contributed by atoms with Gasteiger partial charge >= 0.3 is 0 Å². The van der Waals surface area contributed by atoms with E-state index in [1.54, 1.807) is 35.2 Å². The van der Waals surface area contributed by atoms with Gasteiger partial charge in [-0.2, -0.15) is 0 Å². The zero-order valence-corrected chi connectivity index (χ0v) is 16.6. The van der Waals surface area contributed by atoms with Gasteiger partial charge in [0, 0.05) is 30.8 Å². The number of carbonyl (C=O) groups excluding carboxylic acids is 3. The molecule has 0 radical (unpaired) electrons. The quantitative estimate of drug-likeness (QED) is 0.631. The van der Waals surface area contributed by atoms with Crippen molar-refractivity contribution in [3.63, 3.8) is 0 Å². The van der Waals surface area contributed by atoms with Crippen LogP contribution in [0.3, 0.4) is 0 Å². The highest BCUT2D eigenvalue weighted by Gasteiger charge is 2.21. The molecule has 1 fully saturated rings. The fraction of sp³-hybridized carbons (Fsp3) is 0.174. The lowest BCUT2D eigenvalue weighted by atomic mass is 10.0. The lowest BCUT2D eigenvalue weighted by Crippen LogP contribution is -2.25. The second-order valence-corrected chi connectivity index (χ2v) is 7.80. The van der Waals surface area contributed by atoms with Gasteiger partial charge in [0.25, 0.3) is 5.91 Å². The predicted molar refractivity (Wildman–Crippen MR) is 113 cm³/mol. The number of thiophene rings is 1. The van der Waals surface area contributed by atoms with Gasteiger partial charge in [-0.1, -0.05) is 36.4 Å². The largest absolute Gasteiger partial charge is 0.348 e. The maximum absolute atomic E-state index is 12.7. The van der Waals surface area contributed by atoms with E-state index in [9.17, 15) is 14.4 Å². The van der Waals surface area contributed by atoms with Gasteiger partial charge in [-0.15, -0.1) is 11.3 Å². The van der Waals surface area contributed by atoms with Crippen LogP contribution >= 0.6 is 11.3 Å². The van der Waals surface area contributed by atoms with Gasteiger partial charge in [0.2, 0.25) is 11.7 Å². The van der Waals surface area contributed by atoms with Crippen molar-refractivity contribution in [1.29, 1.82) is 0 Å². The number of ketones is 1. The Bertz CT molecular complexity index is 1040. The van der Waals surface area contributed by atoms with E-state index in [4.69, 9.17) is 0 Å². The molecule has 1 N–H and O–H groups in total. The third kappa shape index (κ3) is 4.12. The Morgan fingerprint density at radius 1 is 0.966 bits per heavy atom. The average Bonchev–Trinajstić information content (AvgIpc) is 3.44. The van der Waals surface area contributed by atoms with Gasteiger partial charge < -0.3 is 10.2 Å². The molecule has 2 heterocycles. The molecule has 0 unspecified atom stereocenters. The van der Waals surface area contributed by atoms with Crippen LogP contribution in [0.4, 0.5) is 5.69 Å². The molecule has 6 heteroatoms. The molecule has 29 heavy (non-hydrogen) atoms. The first-order valence-corrected chi connectivity index (χ1v) is 10.4. The molecule has 0 aliphatic carbocycles. The number of hydrogen-bond donors (Lipinski definition) is 1. The summed E-state index contributed by atoms with van der Waals surface area (Å²) < 4.78 is 0. The van der Waals surface area contributed by atoms with Crippen LogP contribution in [-0.2, 0) is 11.3 Å². The molecular formula is C23H20N2O3S. The van der Waals surface area contributed by atoms with Gasteiger partial charge in [-0.05, 0) is 41.6 Å². The van der Waals surface area contributed by atoms with Crippen LogP contribution in [0.2, 0.25) is 0 Å². The summed E-state index contributed by atoms with van der Waals surface area (Å²) in [7, 11) is 0. The van der Waals surface area contributed by atoms with Gasteiger partial charge in [0.05, 0.1) is 10.4 Å². The van der Waals surface area contributed by atoms with E-state index < -0.39 is 0 Å². The highest BCUT2D eigenvalue weighted by molar-refractivity contribution is 7.12. The monoisotopic (exact) mass is 404 g/mol. The van der Waals surface area contributed by atoms with Crippen molar-refractivity contribution in [3.05, 3.63) is 87.6 Å². The lowest BCUT2D eigenvalue weighted by Gasteiger charge is -2.16. The summed E-state index contributed by atoms with van der Waals surface area (Å²) in [5.74, 6) is -0.284. The molecular weight excluding hydrogens is 384 g/mol. The van der Waals surface area contributed by atoms with Crippen LogP contribution < -0.4 is 10.2 Å². The first kappa shape index (κ1) is 19.1. The molecule has 1 aliphatic rings. The molecule has 146 valence electrons. The molecule has 0 bridgehead atoms. The predicted octanol–water partition coefficient (Wildman–Crippen LogP) is 4.04. The summed E-state index contributed by atoms with van der Waals surface area (Å²) in [4.78, 5) is 39.7. The summed E-state index contributed by atoms with van der Waals surface area (Å²) >= 11 is 1.36. The minimum absolute atomic E-state index is 0.148. The summed E-state index contributed by atoms with van der Waals surface area (Å²) in [6, 6.07) is 18.1. The fourth-order valence-corrected chi connectivity index (χ4v) is 4.09. The zero-order chi connectivity index (χ0) is 20.2. The van der Waals surface area contributed by atoms with Crippen molar-refractivity contribution in [3.8, 4) is 0 Å². The van der Waals surface area contributed by atoms with Crippen molar-refractivity contribution in [2.75, 3.05) is 11.4 Å². The van der Waals surface area contributed by atoms with E-state index in [-0.39, 0.29) is 17.6 Å². The first-order chi connectivity index (χ1) is 14.1. The van der Waals surface area contributed by atoms with Gasteiger partial charge in [-0.25, -0.2) is 0 Å². The van der Waals surface area contributed by atoms with E-state index in [1.807, 2.05) is 35.7 Å². The van der Waals surface area contributed by atoms with Gasteiger partial charge in [0.1, 0.15) is 0 Å². The average molecular weight is 404 g/mol. The van der Waals surface area contributed by atoms with Gasteiger partial charge in [0.15, 0.2) is 0 Å². The fourth-order valence-electron chi connectivity index (χ4n) is 3.41. The summed E-state index contributed by atoms with van der Waals surface area (Å²) in [6.07, 6.45) is 1.49. The van der Waals surface area contributed by atoms with E-state index in [0.29, 0.717) is 29.0 Å². The molecule has 1 aromatic heterocycles. The Kier molecular flexibility index (Phi) is 5.53. The molecule has 5 nitrogen and oxygen atoms in total. The van der Waals surface area contributed by atoms with Gasteiger partial charge in [-0.3, -0.25) is 14.4 Å². The van der Waals surface area contributed by atoms with Crippen molar-refractivity contribution in [1.82, 2.24) is 5.32 Å². The second-order valence-electron chi connectivity index (χ2n) is 6.85. The Morgan fingerprint density at radius 3 is 2.38 bits per heavy atom. The van der Waals surface area contributed by atoms with Crippen molar-refractivity contribution in [2.45, 2.75) is 19.4 Å².